The van der Waals surface area contributed by atoms with Crippen molar-refractivity contribution in [2.45, 2.75) is 25.6 Å². The molecule has 4 aromatic carbocycles. The standard InChI is InChI=1S/C32H24ClFN2O5/c1-19(39-25-12-8-23(34)9-13-25)32(37)40-26-14-15-27-29(16-26)41-31(36)28(17-35)30(27)21-4-10-24(11-5-21)38-18-20-2-6-22(33)7-3-20/h2-16,19,30H,18,36H2,1H3. The third-order valence-electron chi connectivity index (χ3n) is 6.40. The van der Waals surface area contributed by atoms with E-state index in [9.17, 15) is 14.4 Å². The third kappa shape index (κ3) is 6.43. The van der Waals surface area contributed by atoms with Gasteiger partial charge in [-0.25, -0.2) is 9.18 Å². The second-order valence-electron chi connectivity index (χ2n) is 9.24. The number of nitrogens with zero attached hydrogens (tertiary/aromatic N) is 1. The molecule has 1 heterocycles. The van der Waals surface area contributed by atoms with Gasteiger partial charge in [-0.15, -0.1) is 0 Å². The molecule has 0 radical (unpaired) electrons. The van der Waals surface area contributed by atoms with Crippen molar-refractivity contribution in [3.05, 3.63) is 130 Å². The molecule has 0 saturated heterocycles. The van der Waals surface area contributed by atoms with Crippen LogP contribution in [0.3, 0.4) is 0 Å². The Morgan fingerprint density at radius 2 is 1.66 bits per heavy atom. The molecule has 0 spiro atoms. The number of ether oxygens (including phenoxy) is 4. The second kappa shape index (κ2) is 12.0. The van der Waals surface area contributed by atoms with Gasteiger partial charge in [0.1, 0.15) is 47.1 Å². The first kappa shape index (κ1) is 27.6. The zero-order chi connectivity index (χ0) is 28.9. The van der Waals surface area contributed by atoms with Gasteiger partial charge in [0.25, 0.3) is 0 Å². The fourth-order valence-corrected chi connectivity index (χ4v) is 4.44. The summed E-state index contributed by atoms with van der Waals surface area (Å²) in [5.74, 6) is -0.0536. The van der Waals surface area contributed by atoms with Gasteiger partial charge >= 0.3 is 5.97 Å². The highest BCUT2D eigenvalue weighted by Crippen LogP contribution is 2.43. The molecule has 0 fully saturated rings. The van der Waals surface area contributed by atoms with Crippen molar-refractivity contribution in [3.8, 4) is 29.1 Å². The van der Waals surface area contributed by atoms with E-state index in [2.05, 4.69) is 6.07 Å². The Hall–Kier alpha value is -5.00. The Morgan fingerprint density at radius 1 is 1.00 bits per heavy atom. The summed E-state index contributed by atoms with van der Waals surface area (Å²) in [5, 5.41) is 10.5. The number of esters is 1. The molecule has 0 amide bonds. The highest BCUT2D eigenvalue weighted by molar-refractivity contribution is 6.30. The van der Waals surface area contributed by atoms with Crippen LogP contribution in [0.2, 0.25) is 5.02 Å². The summed E-state index contributed by atoms with van der Waals surface area (Å²) in [6.07, 6.45) is -0.958. The molecule has 206 valence electrons. The lowest BCUT2D eigenvalue weighted by atomic mass is 9.83. The van der Waals surface area contributed by atoms with Crippen LogP contribution in [0.1, 0.15) is 29.5 Å². The largest absolute Gasteiger partial charge is 0.489 e. The van der Waals surface area contributed by atoms with Gasteiger partial charge in [-0.2, -0.15) is 5.26 Å². The molecular weight excluding hydrogens is 547 g/mol. The average molecular weight is 571 g/mol. The minimum atomic E-state index is -0.958. The summed E-state index contributed by atoms with van der Waals surface area (Å²) < 4.78 is 35.8. The number of nitriles is 1. The molecule has 0 aromatic heterocycles. The molecule has 1 aliphatic heterocycles. The molecule has 2 N–H and O–H groups in total. The van der Waals surface area contributed by atoms with E-state index < -0.39 is 23.8 Å². The number of hydrogen-bond donors (Lipinski definition) is 1. The SMILES string of the molecule is CC(Oc1ccc(F)cc1)C(=O)Oc1ccc2c(c1)OC(N)=C(C#N)C2c1ccc(OCc2ccc(Cl)cc2)cc1. The zero-order valence-electron chi connectivity index (χ0n) is 21.8. The highest BCUT2D eigenvalue weighted by atomic mass is 35.5. The second-order valence-corrected chi connectivity index (χ2v) is 9.68. The fourth-order valence-electron chi connectivity index (χ4n) is 4.31. The van der Waals surface area contributed by atoms with Gasteiger partial charge in [-0.1, -0.05) is 41.9 Å². The molecule has 0 saturated carbocycles. The number of nitrogens with two attached hydrogens (primary N) is 1. The van der Waals surface area contributed by atoms with Crippen LogP contribution >= 0.6 is 11.6 Å². The number of rotatable bonds is 8. The van der Waals surface area contributed by atoms with Crippen molar-refractivity contribution in [3.63, 3.8) is 0 Å². The number of fused-ring (bicyclic) bond motifs is 1. The van der Waals surface area contributed by atoms with Crippen LogP contribution in [0.25, 0.3) is 0 Å². The molecule has 2 atom stereocenters. The van der Waals surface area contributed by atoms with Gasteiger partial charge < -0.3 is 24.7 Å². The molecule has 1 aliphatic rings. The van der Waals surface area contributed by atoms with Crippen LogP contribution < -0.4 is 24.7 Å². The van der Waals surface area contributed by atoms with Gasteiger partial charge in [0, 0.05) is 16.7 Å². The minimum Gasteiger partial charge on any atom is -0.489 e. The van der Waals surface area contributed by atoms with Crippen molar-refractivity contribution in [2.24, 2.45) is 5.73 Å². The Kier molecular flexibility index (Phi) is 8.09. The van der Waals surface area contributed by atoms with Gasteiger partial charge in [0.2, 0.25) is 5.88 Å². The number of allylic oxidation sites excluding steroid dienone is 1. The summed E-state index contributed by atoms with van der Waals surface area (Å²) in [4.78, 5) is 12.6. The molecule has 5 rings (SSSR count). The van der Waals surface area contributed by atoms with Crippen LogP contribution in [0.5, 0.6) is 23.0 Å². The molecule has 7 nitrogen and oxygen atoms in total. The van der Waals surface area contributed by atoms with E-state index in [4.69, 9.17) is 36.3 Å². The van der Waals surface area contributed by atoms with E-state index in [0.29, 0.717) is 34.4 Å². The first-order valence-electron chi connectivity index (χ1n) is 12.6. The maximum absolute atomic E-state index is 13.1. The van der Waals surface area contributed by atoms with Gasteiger partial charge in [-0.3, -0.25) is 0 Å². The molecular formula is C32H24ClFN2O5. The number of benzene rings is 4. The van der Waals surface area contributed by atoms with Crippen molar-refractivity contribution >= 4 is 17.6 Å². The molecule has 9 heteroatoms. The Bertz CT molecular complexity index is 1630. The quantitative estimate of drug-likeness (QED) is 0.187. The predicted octanol–water partition coefficient (Wildman–Crippen LogP) is 6.65. The Balaban J connectivity index is 1.31. The summed E-state index contributed by atoms with van der Waals surface area (Å²) in [7, 11) is 0. The van der Waals surface area contributed by atoms with Gasteiger partial charge in [-0.05, 0) is 72.6 Å². The van der Waals surface area contributed by atoms with Crippen LogP contribution in [0, 0.1) is 17.1 Å². The lowest BCUT2D eigenvalue weighted by Crippen LogP contribution is -2.28. The van der Waals surface area contributed by atoms with E-state index in [0.717, 1.165) is 11.1 Å². The summed E-state index contributed by atoms with van der Waals surface area (Å²) in [6, 6.07) is 27.1. The summed E-state index contributed by atoms with van der Waals surface area (Å²) in [6.45, 7) is 1.90. The first-order valence-corrected chi connectivity index (χ1v) is 13.0. The van der Waals surface area contributed by atoms with E-state index in [1.165, 1.54) is 37.3 Å². The van der Waals surface area contributed by atoms with Crippen LogP contribution in [-0.4, -0.2) is 12.1 Å². The molecule has 41 heavy (non-hydrogen) atoms. The van der Waals surface area contributed by atoms with Gasteiger partial charge in [0.05, 0.1) is 5.92 Å². The Morgan fingerprint density at radius 3 is 2.34 bits per heavy atom. The number of carbonyl (C=O) groups excluding carboxylic acids is 1. The lowest BCUT2D eigenvalue weighted by Gasteiger charge is -2.27. The average Bonchev–Trinajstić information content (AvgIpc) is 2.97. The monoisotopic (exact) mass is 570 g/mol. The van der Waals surface area contributed by atoms with Gasteiger partial charge in [0.15, 0.2) is 6.10 Å². The molecule has 2 unspecified atom stereocenters. The van der Waals surface area contributed by atoms with E-state index in [1.807, 2.05) is 36.4 Å². The topological polar surface area (TPSA) is 104 Å². The number of hydrogen-bond acceptors (Lipinski definition) is 7. The summed E-state index contributed by atoms with van der Waals surface area (Å²) >= 11 is 5.94. The van der Waals surface area contributed by atoms with Crippen LogP contribution in [0.15, 0.2) is 102 Å². The van der Waals surface area contributed by atoms with Crippen molar-refractivity contribution < 1.29 is 28.1 Å². The van der Waals surface area contributed by atoms with Crippen LogP contribution in [0.4, 0.5) is 4.39 Å². The van der Waals surface area contributed by atoms with E-state index in [-0.39, 0.29) is 17.2 Å². The highest BCUT2D eigenvalue weighted by Gasteiger charge is 2.31. The maximum Gasteiger partial charge on any atom is 0.352 e. The van der Waals surface area contributed by atoms with Crippen molar-refractivity contribution in [1.82, 2.24) is 0 Å². The normalized spacial score (nSPS) is 14.7. The number of carbonyl (C=O) groups is 1. The molecule has 4 aromatic rings. The Labute approximate surface area is 241 Å². The van der Waals surface area contributed by atoms with Crippen molar-refractivity contribution in [1.29, 1.82) is 5.26 Å². The maximum atomic E-state index is 13.1. The number of halogens is 2. The van der Waals surface area contributed by atoms with E-state index in [1.54, 1.807) is 24.3 Å². The third-order valence-corrected chi connectivity index (χ3v) is 6.65. The molecule has 0 bridgehead atoms. The van der Waals surface area contributed by atoms with Crippen LogP contribution in [-0.2, 0) is 11.4 Å². The zero-order valence-corrected chi connectivity index (χ0v) is 22.6. The first-order chi connectivity index (χ1) is 19.8. The summed E-state index contributed by atoms with van der Waals surface area (Å²) in [5.41, 5.74) is 8.85. The van der Waals surface area contributed by atoms with Crippen molar-refractivity contribution in [2.75, 3.05) is 0 Å². The van der Waals surface area contributed by atoms with E-state index >= 15 is 0 Å². The lowest BCUT2D eigenvalue weighted by molar-refractivity contribution is -0.141. The molecule has 0 aliphatic carbocycles. The minimum absolute atomic E-state index is 0.0375. The fraction of sp³-hybridized carbons (Fsp3) is 0.125. The predicted molar refractivity (Wildman–Crippen MR) is 150 cm³/mol. The smallest absolute Gasteiger partial charge is 0.352 e.